The predicted octanol–water partition coefficient (Wildman–Crippen LogP) is 3.06. The summed E-state index contributed by atoms with van der Waals surface area (Å²) < 4.78 is 7.00. The normalized spacial score (nSPS) is 10.6. The Kier molecular flexibility index (Phi) is 5.57. The van der Waals surface area contributed by atoms with E-state index in [1.165, 1.54) is 10.6 Å². The summed E-state index contributed by atoms with van der Waals surface area (Å²) in [6.45, 7) is 4.93. The predicted molar refractivity (Wildman–Crippen MR) is 91.0 cm³/mol. The third-order valence-corrected chi connectivity index (χ3v) is 3.47. The SMILES string of the molecule is CC(C)CCOc1cccc(NC(=O)c2cccc(=O)n2C)c1. The second-order valence-corrected chi connectivity index (χ2v) is 5.82. The van der Waals surface area contributed by atoms with Gasteiger partial charge in [0.2, 0.25) is 0 Å². The number of ether oxygens (including phenoxy) is 1. The fraction of sp³-hybridized carbons (Fsp3) is 0.333. The Morgan fingerprint density at radius 2 is 1.96 bits per heavy atom. The van der Waals surface area contributed by atoms with E-state index in [-0.39, 0.29) is 11.5 Å². The molecule has 0 radical (unpaired) electrons. The van der Waals surface area contributed by atoms with Crippen LogP contribution < -0.4 is 15.6 Å². The van der Waals surface area contributed by atoms with Crippen LogP contribution in [0.2, 0.25) is 0 Å². The number of rotatable bonds is 6. The number of hydrogen-bond donors (Lipinski definition) is 1. The van der Waals surface area contributed by atoms with Crippen molar-refractivity contribution in [2.75, 3.05) is 11.9 Å². The molecule has 1 N–H and O–H groups in total. The maximum Gasteiger partial charge on any atom is 0.272 e. The molecule has 2 aromatic rings. The number of benzene rings is 1. The number of hydrogen-bond acceptors (Lipinski definition) is 3. The van der Waals surface area contributed by atoms with Gasteiger partial charge in [-0.15, -0.1) is 0 Å². The Labute approximate surface area is 135 Å². The van der Waals surface area contributed by atoms with Crippen molar-refractivity contribution in [1.82, 2.24) is 4.57 Å². The molecule has 1 heterocycles. The van der Waals surface area contributed by atoms with Gasteiger partial charge in [0.05, 0.1) is 6.61 Å². The van der Waals surface area contributed by atoms with E-state index in [1.807, 2.05) is 12.1 Å². The van der Waals surface area contributed by atoms with Gasteiger partial charge in [0.1, 0.15) is 11.4 Å². The summed E-state index contributed by atoms with van der Waals surface area (Å²) in [4.78, 5) is 23.9. The summed E-state index contributed by atoms with van der Waals surface area (Å²) in [5, 5.41) is 2.79. The third kappa shape index (κ3) is 4.71. The van der Waals surface area contributed by atoms with Crippen LogP contribution in [0.25, 0.3) is 0 Å². The minimum Gasteiger partial charge on any atom is -0.494 e. The van der Waals surface area contributed by atoms with E-state index in [0.717, 1.165) is 6.42 Å². The van der Waals surface area contributed by atoms with Crippen LogP contribution in [-0.4, -0.2) is 17.1 Å². The number of amides is 1. The summed E-state index contributed by atoms with van der Waals surface area (Å²) in [7, 11) is 1.57. The van der Waals surface area contributed by atoms with Crippen molar-refractivity contribution in [2.24, 2.45) is 13.0 Å². The van der Waals surface area contributed by atoms with Crippen LogP contribution in [0, 0.1) is 5.92 Å². The summed E-state index contributed by atoms with van der Waals surface area (Å²) in [5.41, 5.74) is 0.723. The quantitative estimate of drug-likeness (QED) is 0.891. The van der Waals surface area contributed by atoms with E-state index in [1.54, 1.807) is 31.3 Å². The zero-order valence-corrected chi connectivity index (χ0v) is 13.7. The van der Waals surface area contributed by atoms with E-state index in [0.29, 0.717) is 29.7 Å². The molecule has 5 nitrogen and oxygen atoms in total. The molecule has 23 heavy (non-hydrogen) atoms. The van der Waals surface area contributed by atoms with Crippen LogP contribution >= 0.6 is 0 Å². The molecule has 0 fully saturated rings. The van der Waals surface area contributed by atoms with E-state index < -0.39 is 0 Å². The Hall–Kier alpha value is -2.56. The van der Waals surface area contributed by atoms with Crippen molar-refractivity contribution in [3.05, 3.63) is 58.5 Å². The van der Waals surface area contributed by atoms with Crippen LogP contribution in [0.1, 0.15) is 30.8 Å². The molecule has 0 spiro atoms. The fourth-order valence-electron chi connectivity index (χ4n) is 2.06. The Morgan fingerprint density at radius 3 is 2.70 bits per heavy atom. The maximum atomic E-state index is 12.3. The van der Waals surface area contributed by atoms with Gasteiger partial charge < -0.3 is 14.6 Å². The van der Waals surface area contributed by atoms with Gasteiger partial charge in [-0.3, -0.25) is 9.59 Å². The lowest BCUT2D eigenvalue weighted by atomic mass is 10.1. The minimum absolute atomic E-state index is 0.219. The first-order valence-electron chi connectivity index (χ1n) is 7.67. The second-order valence-electron chi connectivity index (χ2n) is 5.82. The monoisotopic (exact) mass is 314 g/mol. The van der Waals surface area contributed by atoms with E-state index >= 15 is 0 Å². The Balaban J connectivity index is 2.06. The molecule has 122 valence electrons. The molecule has 0 bridgehead atoms. The molecule has 0 saturated carbocycles. The summed E-state index contributed by atoms with van der Waals surface area (Å²) in [6.07, 6.45) is 0.975. The highest BCUT2D eigenvalue weighted by Crippen LogP contribution is 2.18. The van der Waals surface area contributed by atoms with Gasteiger partial charge in [-0.25, -0.2) is 0 Å². The van der Waals surface area contributed by atoms with E-state index in [2.05, 4.69) is 19.2 Å². The number of anilines is 1. The molecule has 1 amide bonds. The van der Waals surface area contributed by atoms with Crippen molar-refractivity contribution < 1.29 is 9.53 Å². The minimum atomic E-state index is -0.329. The zero-order chi connectivity index (χ0) is 16.8. The van der Waals surface area contributed by atoms with Gasteiger partial charge in [0, 0.05) is 24.9 Å². The molecule has 0 saturated heterocycles. The van der Waals surface area contributed by atoms with Gasteiger partial charge in [-0.1, -0.05) is 26.0 Å². The van der Waals surface area contributed by atoms with Gasteiger partial charge in [-0.05, 0) is 30.5 Å². The lowest BCUT2D eigenvalue weighted by Crippen LogP contribution is -2.25. The van der Waals surface area contributed by atoms with E-state index in [4.69, 9.17) is 4.74 Å². The first kappa shape index (κ1) is 16.8. The number of nitrogens with one attached hydrogen (secondary N) is 1. The second kappa shape index (κ2) is 7.63. The number of carbonyl (C=O) groups excluding carboxylic acids is 1. The molecule has 1 aromatic heterocycles. The first-order chi connectivity index (χ1) is 11.0. The van der Waals surface area contributed by atoms with Crippen molar-refractivity contribution in [2.45, 2.75) is 20.3 Å². The largest absolute Gasteiger partial charge is 0.494 e. The van der Waals surface area contributed by atoms with Crippen molar-refractivity contribution >= 4 is 11.6 Å². The highest BCUT2D eigenvalue weighted by Gasteiger charge is 2.10. The van der Waals surface area contributed by atoms with Gasteiger partial charge >= 0.3 is 0 Å². The topological polar surface area (TPSA) is 60.3 Å². The van der Waals surface area contributed by atoms with Gasteiger partial charge in [0.15, 0.2) is 0 Å². The molecule has 0 atom stereocenters. The molecule has 5 heteroatoms. The standard InChI is InChI=1S/C18H22N2O3/c1-13(2)10-11-23-15-7-4-6-14(12-15)19-18(22)16-8-5-9-17(21)20(16)3/h4-9,12-13H,10-11H2,1-3H3,(H,19,22). The van der Waals surface area contributed by atoms with Gasteiger partial charge in [-0.2, -0.15) is 0 Å². The highest BCUT2D eigenvalue weighted by atomic mass is 16.5. The third-order valence-electron chi connectivity index (χ3n) is 3.47. The number of pyridine rings is 1. The van der Waals surface area contributed by atoms with Crippen molar-refractivity contribution in [1.29, 1.82) is 0 Å². The molecule has 0 aliphatic carbocycles. The fourth-order valence-corrected chi connectivity index (χ4v) is 2.06. The summed E-state index contributed by atoms with van der Waals surface area (Å²) in [6, 6.07) is 11.8. The lowest BCUT2D eigenvalue weighted by molar-refractivity contribution is 0.101. The highest BCUT2D eigenvalue weighted by molar-refractivity contribution is 6.03. The van der Waals surface area contributed by atoms with Crippen LogP contribution in [0.4, 0.5) is 5.69 Å². The molecular formula is C18H22N2O3. The molecule has 0 unspecified atom stereocenters. The van der Waals surface area contributed by atoms with Crippen molar-refractivity contribution in [3.63, 3.8) is 0 Å². The van der Waals surface area contributed by atoms with Crippen LogP contribution in [0.3, 0.4) is 0 Å². The molecule has 2 rings (SSSR count). The van der Waals surface area contributed by atoms with Crippen LogP contribution in [0.5, 0.6) is 5.75 Å². The van der Waals surface area contributed by atoms with Crippen LogP contribution in [-0.2, 0) is 7.05 Å². The van der Waals surface area contributed by atoms with E-state index in [9.17, 15) is 9.59 Å². The number of carbonyl (C=O) groups is 1. The average molecular weight is 314 g/mol. The molecule has 0 aliphatic rings. The maximum absolute atomic E-state index is 12.3. The van der Waals surface area contributed by atoms with Crippen molar-refractivity contribution in [3.8, 4) is 5.75 Å². The average Bonchev–Trinajstić information content (AvgIpc) is 2.50. The Bertz CT molecular complexity index is 735. The first-order valence-corrected chi connectivity index (χ1v) is 7.67. The number of aromatic nitrogens is 1. The zero-order valence-electron chi connectivity index (χ0n) is 13.7. The molecular weight excluding hydrogens is 292 g/mol. The van der Waals surface area contributed by atoms with Crippen LogP contribution in [0.15, 0.2) is 47.3 Å². The molecule has 1 aromatic carbocycles. The Morgan fingerprint density at radius 1 is 1.22 bits per heavy atom. The smallest absolute Gasteiger partial charge is 0.272 e. The summed E-state index contributed by atoms with van der Waals surface area (Å²) >= 11 is 0. The van der Waals surface area contributed by atoms with Gasteiger partial charge in [0.25, 0.3) is 11.5 Å². The number of nitrogens with zero attached hydrogens (tertiary/aromatic N) is 1. The summed E-state index contributed by atoms with van der Waals surface area (Å²) in [5.74, 6) is 0.965. The molecule has 0 aliphatic heterocycles. The lowest BCUT2D eigenvalue weighted by Gasteiger charge is -2.11.